The van der Waals surface area contributed by atoms with Crippen molar-refractivity contribution in [2.75, 3.05) is 12.3 Å². The molecule has 1 aromatic heterocycles. The summed E-state index contributed by atoms with van der Waals surface area (Å²) in [5.74, 6) is -1.17. The number of carbonyl (C=O) groups excluding carboxylic acids is 2. The number of nitrogens with two attached hydrogens (primary N) is 1. The molecule has 2 rings (SSSR count). The van der Waals surface area contributed by atoms with Crippen molar-refractivity contribution in [3.8, 4) is 0 Å². The van der Waals surface area contributed by atoms with Gasteiger partial charge in [-0.2, -0.15) is 0 Å². The third kappa shape index (κ3) is 5.35. The maximum absolute atomic E-state index is 11.8. The van der Waals surface area contributed by atoms with E-state index in [2.05, 4.69) is 15.3 Å². The zero-order chi connectivity index (χ0) is 17.4. The summed E-state index contributed by atoms with van der Waals surface area (Å²) >= 11 is 0. The van der Waals surface area contributed by atoms with E-state index in [1.165, 1.54) is 18.0 Å². The predicted molar refractivity (Wildman–Crippen MR) is 89.1 cm³/mol. The Labute approximate surface area is 140 Å². The van der Waals surface area contributed by atoms with Crippen molar-refractivity contribution in [3.63, 3.8) is 0 Å². The van der Waals surface area contributed by atoms with Gasteiger partial charge < -0.3 is 15.8 Å². The molecule has 0 unspecified atom stereocenters. The average molecular weight is 328 g/mol. The van der Waals surface area contributed by atoms with Crippen molar-refractivity contribution in [2.45, 2.75) is 25.8 Å². The van der Waals surface area contributed by atoms with Crippen molar-refractivity contribution in [1.82, 2.24) is 15.3 Å². The van der Waals surface area contributed by atoms with Gasteiger partial charge in [0.2, 0.25) is 0 Å². The molecular weight excluding hydrogens is 308 g/mol. The molecule has 1 heterocycles. The Bertz CT molecular complexity index is 691. The summed E-state index contributed by atoms with van der Waals surface area (Å²) in [4.78, 5) is 31.1. The van der Waals surface area contributed by atoms with Gasteiger partial charge in [-0.3, -0.25) is 4.79 Å². The van der Waals surface area contributed by atoms with Gasteiger partial charge in [-0.05, 0) is 25.3 Å². The fourth-order valence-electron chi connectivity index (χ4n) is 2.12. The van der Waals surface area contributed by atoms with E-state index in [1.54, 1.807) is 0 Å². The molecule has 3 N–H and O–H groups in total. The Hall–Kier alpha value is -2.96. The lowest BCUT2D eigenvalue weighted by atomic mass is 10.1. The van der Waals surface area contributed by atoms with Crippen molar-refractivity contribution in [1.29, 1.82) is 0 Å². The Kier molecular flexibility index (Phi) is 6.24. The first-order valence-electron chi connectivity index (χ1n) is 7.63. The molecule has 0 saturated carbocycles. The number of aryl methyl sites for hydroxylation is 1. The number of rotatable bonds is 7. The van der Waals surface area contributed by atoms with Gasteiger partial charge in [-0.1, -0.05) is 30.3 Å². The molecule has 0 saturated heterocycles. The summed E-state index contributed by atoms with van der Waals surface area (Å²) in [6.07, 6.45) is 4.35. The number of aromatic nitrogens is 2. The number of esters is 1. The molecular formula is C17H20N4O3. The van der Waals surface area contributed by atoms with E-state index in [0.29, 0.717) is 0 Å². The maximum atomic E-state index is 11.8. The molecule has 1 atom stereocenters. The third-order valence-electron chi connectivity index (χ3n) is 3.37. The second-order valence-corrected chi connectivity index (χ2v) is 5.36. The van der Waals surface area contributed by atoms with Crippen LogP contribution in [0.25, 0.3) is 0 Å². The van der Waals surface area contributed by atoms with Crippen LogP contribution in [0.5, 0.6) is 0 Å². The van der Waals surface area contributed by atoms with Gasteiger partial charge in [-0.15, -0.1) is 0 Å². The van der Waals surface area contributed by atoms with Crippen molar-refractivity contribution >= 4 is 17.7 Å². The van der Waals surface area contributed by atoms with Crippen LogP contribution >= 0.6 is 0 Å². The fraction of sp³-hybridized carbons (Fsp3) is 0.294. The number of anilines is 1. The number of benzene rings is 1. The molecule has 2 aromatic rings. The zero-order valence-electron chi connectivity index (χ0n) is 13.4. The lowest BCUT2D eigenvalue weighted by Crippen LogP contribution is -2.36. The summed E-state index contributed by atoms with van der Waals surface area (Å²) in [5, 5.41) is 2.79. The number of nitrogens with zero attached hydrogens (tertiary/aromatic N) is 2. The van der Waals surface area contributed by atoms with E-state index < -0.39 is 5.97 Å². The fourth-order valence-corrected chi connectivity index (χ4v) is 2.12. The molecule has 7 nitrogen and oxygen atoms in total. The maximum Gasteiger partial charge on any atom is 0.361 e. The number of amides is 1. The molecule has 0 aliphatic heterocycles. The minimum atomic E-state index is -0.771. The van der Waals surface area contributed by atoms with E-state index in [-0.39, 0.29) is 30.1 Å². The number of hydrogen-bond donors (Lipinski definition) is 2. The Balaban J connectivity index is 1.72. The number of nitrogen functional groups attached to an aromatic ring is 1. The molecule has 0 radical (unpaired) electrons. The van der Waals surface area contributed by atoms with Crippen molar-refractivity contribution in [3.05, 3.63) is 54.0 Å². The Morgan fingerprint density at radius 1 is 1.21 bits per heavy atom. The first-order valence-corrected chi connectivity index (χ1v) is 7.63. The molecule has 0 spiro atoms. The summed E-state index contributed by atoms with van der Waals surface area (Å²) in [6.45, 7) is 1.52. The van der Waals surface area contributed by atoms with Crippen LogP contribution in [0.2, 0.25) is 0 Å². The normalized spacial score (nSPS) is 11.5. The van der Waals surface area contributed by atoms with E-state index in [4.69, 9.17) is 10.5 Å². The van der Waals surface area contributed by atoms with Crippen LogP contribution in [0.3, 0.4) is 0 Å². The molecule has 0 aliphatic carbocycles. The lowest BCUT2D eigenvalue weighted by Gasteiger charge is -2.14. The van der Waals surface area contributed by atoms with E-state index in [1.807, 2.05) is 37.3 Å². The summed E-state index contributed by atoms with van der Waals surface area (Å²) in [6, 6.07) is 9.99. The molecule has 1 amide bonds. The molecule has 0 bridgehead atoms. The standard InChI is InChI=1S/C17H20N4O3/c1-12(7-8-13-5-3-2-4-6-13)21-14(22)11-24-17(23)15-16(18)20-10-9-19-15/h2-6,9-10,12H,7-8,11H2,1H3,(H2,18,20)(H,21,22)/t12-/m1/s1. The van der Waals surface area contributed by atoms with Crippen molar-refractivity contribution in [2.24, 2.45) is 0 Å². The quantitative estimate of drug-likeness (QED) is 0.743. The van der Waals surface area contributed by atoms with Crippen LogP contribution in [0.15, 0.2) is 42.7 Å². The van der Waals surface area contributed by atoms with Gasteiger partial charge in [0.05, 0.1) is 0 Å². The van der Waals surface area contributed by atoms with Crippen LogP contribution in [0.4, 0.5) is 5.82 Å². The highest BCUT2D eigenvalue weighted by molar-refractivity contribution is 5.93. The molecule has 126 valence electrons. The predicted octanol–water partition coefficient (Wildman–Crippen LogP) is 1.35. The number of carbonyl (C=O) groups is 2. The second-order valence-electron chi connectivity index (χ2n) is 5.36. The summed E-state index contributed by atoms with van der Waals surface area (Å²) in [7, 11) is 0. The average Bonchev–Trinajstić information content (AvgIpc) is 2.59. The Morgan fingerprint density at radius 2 is 1.92 bits per heavy atom. The van der Waals surface area contributed by atoms with E-state index in [0.717, 1.165) is 12.8 Å². The minimum Gasteiger partial charge on any atom is -0.451 e. The zero-order valence-corrected chi connectivity index (χ0v) is 13.4. The molecule has 24 heavy (non-hydrogen) atoms. The first-order chi connectivity index (χ1) is 11.6. The number of nitrogens with one attached hydrogen (secondary N) is 1. The molecule has 0 aliphatic rings. The smallest absolute Gasteiger partial charge is 0.361 e. The van der Waals surface area contributed by atoms with Crippen LogP contribution in [0, 0.1) is 0 Å². The minimum absolute atomic E-state index is 0.0286. The van der Waals surface area contributed by atoms with E-state index >= 15 is 0 Å². The van der Waals surface area contributed by atoms with Gasteiger partial charge in [0.15, 0.2) is 18.1 Å². The lowest BCUT2D eigenvalue weighted by molar-refractivity contribution is -0.124. The van der Waals surface area contributed by atoms with Gasteiger partial charge in [0.25, 0.3) is 5.91 Å². The van der Waals surface area contributed by atoms with Crippen LogP contribution < -0.4 is 11.1 Å². The second kappa shape index (κ2) is 8.61. The van der Waals surface area contributed by atoms with Gasteiger partial charge >= 0.3 is 5.97 Å². The highest BCUT2D eigenvalue weighted by atomic mass is 16.5. The SMILES string of the molecule is C[C@H](CCc1ccccc1)NC(=O)COC(=O)c1nccnc1N. The van der Waals surface area contributed by atoms with Gasteiger partial charge in [-0.25, -0.2) is 14.8 Å². The Morgan fingerprint density at radius 3 is 2.62 bits per heavy atom. The number of ether oxygens (including phenoxy) is 1. The van der Waals surface area contributed by atoms with Crippen LogP contribution in [-0.4, -0.2) is 34.5 Å². The van der Waals surface area contributed by atoms with E-state index in [9.17, 15) is 9.59 Å². The van der Waals surface area contributed by atoms with Crippen LogP contribution in [0.1, 0.15) is 29.4 Å². The third-order valence-corrected chi connectivity index (χ3v) is 3.37. The number of hydrogen-bond acceptors (Lipinski definition) is 6. The highest BCUT2D eigenvalue weighted by Crippen LogP contribution is 2.06. The molecule has 1 aromatic carbocycles. The largest absolute Gasteiger partial charge is 0.451 e. The first kappa shape index (κ1) is 17.4. The van der Waals surface area contributed by atoms with Gasteiger partial charge in [0.1, 0.15) is 0 Å². The summed E-state index contributed by atoms with van der Waals surface area (Å²) < 4.78 is 4.90. The van der Waals surface area contributed by atoms with Crippen molar-refractivity contribution < 1.29 is 14.3 Å². The van der Waals surface area contributed by atoms with Gasteiger partial charge in [0, 0.05) is 18.4 Å². The molecule has 0 fully saturated rings. The topological polar surface area (TPSA) is 107 Å². The highest BCUT2D eigenvalue weighted by Gasteiger charge is 2.16. The monoisotopic (exact) mass is 328 g/mol. The summed E-state index contributed by atoms with van der Waals surface area (Å²) in [5.41, 5.74) is 6.64. The molecule has 7 heteroatoms. The van der Waals surface area contributed by atoms with Crippen LogP contribution in [-0.2, 0) is 16.0 Å².